The number of amides is 2. The van der Waals surface area contributed by atoms with Gasteiger partial charge in [0.05, 0.1) is 18.7 Å². The number of carbonyl (C=O) groups excluding carboxylic acids is 2. The van der Waals surface area contributed by atoms with Gasteiger partial charge in [0.25, 0.3) is 5.91 Å². The number of hydrogen-bond acceptors (Lipinski definition) is 3. The molecule has 1 aliphatic rings. The largest absolute Gasteiger partial charge is 0.496 e. The maximum Gasteiger partial charge on any atom is 0.255 e. The fraction of sp³-hybridized carbons (Fsp3) is 0.333. The van der Waals surface area contributed by atoms with E-state index in [4.69, 9.17) is 16.3 Å². The normalized spacial score (nSPS) is 18.3. The van der Waals surface area contributed by atoms with Gasteiger partial charge in [-0.3, -0.25) is 9.59 Å². The number of ether oxygens (including phenoxy) is 1. The van der Waals surface area contributed by atoms with Gasteiger partial charge in [0, 0.05) is 18.0 Å². The highest BCUT2D eigenvalue weighted by Crippen LogP contribution is 2.22. The van der Waals surface area contributed by atoms with E-state index in [0.717, 1.165) is 0 Å². The summed E-state index contributed by atoms with van der Waals surface area (Å²) in [6, 6.07) is 4.64. The Bertz CT molecular complexity index is 490. The second-order valence-corrected chi connectivity index (χ2v) is 4.46. The minimum Gasteiger partial charge on any atom is -0.496 e. The number of methoxy groups -OCH3 is 1. The highest BCUT2D eigenvalue weighted by Gasteiger charge is 2.24. The summed E-state index contributed by atoms with van der Waals surface area (Å²) in [5.74, 6) is 0.100. The Morgan fingerprint density at radius 1 is 1.56 bits per heavy atom. The average molecular weight is 269 g/mol. The molecule has 0 aromatic heterocycles. The van der Waals surface area contributed by atoms with Gasteiger partial charge in [-0.2, -0.15) is 0 Å². The van der Waals surface area contributed by atoms with Crippen LogP contribution >= 0.6 is 11.6 Å². The molecule has 6 heteroatoms. The summed E-state index contributed by atoms with van der Waals surface area (Å²) in [5.41, 5.74) is 0.365. The molecule has 0 radical (unpaired) electrons. The van der Waals surface area contributed by atoms with Crippen molar-refractivity contribution in [2.45, 2.75) is 12.5 Å². The topological polar surface area (TPSA) is 67.4 Å². The van der Waals surface area contributed by atoms with Crippen molar-refractivity contribution in [2.24, 2.45) is 0 Å². The second-order valence-electron chi connectivity index (χ2n) is 4.02. The van der Waals surface area contributed by atoms with Crippen molar-refractivity contribution in [3.8, 4) is 5.75 Å². The van der Waals surface area contributed by atoms with Crippen molar-refractivity contribution in [1.29, 1.82) is 0 Å². The first-order valence-electron chi connectivity index (χ1n) is 5.51. The van der Waals surface area contributed by atoms with E-state index in [9.17, 15) is 9.59 Å². The molecule has 1 aromatic rings. The zero-order valence-corrected chi connectivity index (χ0v) is 10.6. The number of carbonyl (C=O) groups is 2. The van der Waals surface area contributed by atoms with Crippen molar-refractivity contribution in [3.63, 3.8) is 0 Å². The molecule has 0 spiro atoms. The molecule has 0 saturated carbocycles. The first kappa shape index (κ1) is 12.7. The number of halogens is 1. The van der Waals surface area contributed by atoms with Crippen molar-refractivity contribution in [3.05, 3.63) is 28.8 Å². The van der Waals surface area contributed by atoms with Crippen LogP contribution in [0.15, 0.2) is 18.2 Å². The Kier molecular flexibility index (Phi) is 3.72. The molecule has 0 unspecified atom stereocenters. The monoisotopic (exact) mass is 268 g/mol. The number of nitrogens with one attached hydrogen (secondary N) is 2. The first-order chi connectivity index (χ1) is 8.60. The van der Waals surface area contributed by atoms with Gasteiger partial charge in [0.15, 0.2) is 0 Å². The summed E-state index contributed by atoms with van der Waals surface area (Å²) >= 11 is 5.86. The molecule has 2 rings (SSSR count). The van der Waals surface area contributed by atoms with Crippen molar-refractivity contribution >= 4 is 23.4 Å². The fourth-order valence-electron chi connectivity index (χ4n) is 1.83. The van der Waals surface area contributed by atoms with Crippen LogP contribution < -0.4 is 15.4 Å². The van der Waals surface area contributed by atoms with Gasteiger partial charge in [-0.25, -0.2) is 0 Å². The lowest BCUT2D eigenvalue weighted by Crippen LogP contribution is -2.36. The highest BCUT2D eigenvalue weighted by molar-refractivity contribution is 6.31. The lowest BCUT2D eigenvalue weighted by Gasteiger charge is -2.13. The molecule has 0 bridgehead atoms. The maximum absolute atomic E-state index is 12.1. The van der Waals surface area contributed by atoms with Gasteiger partial charge in [0.2, 0.25) is 5.91 Å². The van der Waals surface area contributed by atoms with Crippen LogP contribution in [0.4, 0.5) is 0 Å². The third kappa shape index (κ3) is 2.73. The lowest BCUT2D eigenvalue weighted by molar-refractivity contribution is -0.119. The minimum absolute atomic E-state index is 0.0571. The Morgan fingerprint density at radius 2 is 2.33 bits per heavy atom. The number of hydrogen-bond donors (Lipinski definition) is 2. The van der Waals surface area contributed by atoms with E-state index in [-0.39, 0.29) is 17.9 Å². The third-order valence-electron chi connectivity index (χ3n) is 2.72. The molecule has 5 nitrogen and oxygen atoms in total. The Balaban J connectivity index is 2.13. The summed E-state index contributed by atoms with van der Waals surface area (Å²) in [6.45, 7) is 0.452. The molecule has 1 fully saturated rings. The lowest BCUT2D eigenvalue weighted by atomic mass is 10.1. The van der Waals surface area contributed by atoms with Crippen LogP contribution in [0, 0.1) is 0 Å². The molecule has 1 atom stereocenters. The Hall–Kier alpha value is -1.75. The summed E-state index contributed by atoms with van der Waals surface area (Å²) in [7, 11) is 1.49. The first-order valence-corrected chi connectivity index (χ1v) is 5.89. The predicted octanol–water partition coefficient (Wildman–Crippen LogP) is 0.967. The number of benzene rings is 1. The molecule has 1 aromatic carbocycles. The van der Waals surface area contributed by atoms with Gasteiger partial charge in [0.1, 0.15) is 5.75 Å². The van der Waals surface area contributed by atoms with Crippen LogP contribution in [-0.4, -0.2) is 31.5 Å². The smallest absolute Gasteiger partial charge is 0.255 e. The van der Waals surface area contributed by atoms with Gasteiger partial charge >= 0.3 is 0 Å². The number of rotatable bonds is 3. The highest BCUT2D eigenvalue weighted by atomic mass is 35.5. The fourth-order valence-corrected chi connectivity index (χ4v) is 2.00. The molecule has 18 heavy (non-hydrogen) atoms. The average Bonchev–Trinajstić information content (AvgIpc) is 2.74. The zero-order chi connectivity index (χ0) is 13.1. The zero-order valence-electron chi connectivity index (χ0n) is 9.83. The van der Waals surface area contributed by atoms with Crippen molar-refractivity contribution in [1.82, 2.24) is 10.6 Å². The van der Waals surface area contributed by atoms with Crippen molar-refractivity contribution < 1.29 is 14.3 Å². The van der Waals surface area contributed by atoms with E-state index >= 15 is 0 Å². The van der Waals surface area contributed by atoms with E-state index in [1.165, 1.54) is 7.11 Å². The van der Waals surface area contributed by atoms with Crippen LogP contribution in [0.1, 0.15) is 16.8 Å². The molecule has 0 aliphatic carbocycles. The quantitative estimate of drug-likeness (QED) is 0.858. The molecule has 1 heterocycles. The molecular formula is C12H13ClN2O3. The van der Waals surface area contributed by atoms with Crippen LogP contribution in [0.2, 0.25) is 5.02 Å². The van der Waals surface area contributed by atoms with E-state index in [0.29, 0.717) is 29.3 Å². The van der Waals surface area contributed by atoms with Crippen LogP contribution in [-0.2, 0) is 4.79 Å². The minimum atomic E-state index is -0.296. The van der Waals surface area contributed by atoms with Gasteiger partial charge in [-0.1, -0.05) is 11.6 Å². The standard InChI is InChI=1S/C12H13ClN2O3/c1-18-10-3-2-7(13)4-9(10)12(17)15-8-5-11(16)14-6-8/h2-4,8H,5-6H2,1H3,(H,14,16)(H,15,17)/t8-/m1/s1. The summed E-state index contributed by atoms with van der Waals surface area (Å²) in [4.78, 5) is 23.1. The van der Waals surface area contributed by atoms with Gasteiger partial charge in [-0.05, 0) is 18.2 Å². The molecule has 2 N–H and O–H groups in total. The van der Waals surface area contributed by atoms with E-state index in [1.807, 2.05) is 0 Å². The summed E-state index contributed by atoms with van der Waals surface area (Å²) in [6.07, 6.45) is 0.300. The Morgan fingerprint density at radius 3 is 2.94 bits per heavy atom. The van der Waals surface area contributed by atoms with Crippen LogP contribution in [0.25, 0.3) is 0 Å². The van der Waals surface area contributed by atoms with E-state index in [1.54, 1.807) is 18.2 Å². The van der Waals surface area contributed by atoms with Gasteiger partial charge < -0.3 is 15.4 Å². The molecular weight excluding hydrogens is 256 g/mol. The van der Waals surface area contributed by atoms with E-state index in [2.05, 4.69) is 10.6 Å². The summed E-state index contributed by atoms with van der Waals surface area (Å²) in [5, 5.41) is 5.88. The van der Waals surface area contributed by atoms with Crippen LogP contribution in [0.3, 0.4) is 0 Å². The summed E-state index contributed by atoms with van der Waals surface area (Å²) < 4.78 is 5.11. The molecule has 1 saturated heterocycles. The predicted molar refractivity (Wildman–Crippen MR) is 66.9 cm³/mol. The Labute approximate surface area is 109 Å². The van der Waals surface area contributed by atoms with Crippen LogP contribution in [0.5, 0.6) is 5.75 Å². The van der Waals surface area contributed by atoms with E-state index < -0.39 is 0 Å². The molecule has 2 amide bonds. The van der Waals surface area contributed by atoms with Crippen molar-refractivity contribution in [2.75, 3.05) is 13.7 Å². The molecule has 96 valence electrons. The maximum atomic E-state index is 12.1. The molecule has 1 aliphatic heterocycles. The second kappa shape index (κ2) is 5.27. The third-order valence-corrected chi connectivity index (χ3v) is 2.95. The van der Waals surface area contributed by atoms with Gasteiger partial charge in [-0.15, -0.1) is 0 Å². The SMILES string of the molecule is COc1ccc(Cl)cc1C(=O)N[C@H]1CNC(=O)C1.